The zero-order valence-corrected chi connectivity index (χ0v) is 13.2. The van der Waals surface area contributed by atoms with Crippen molar-refractivity contribution < 1.29 is 13.3 Å². The molecular weight excluding hydrogens is 292 g/mol. The van der Waals surface area contributed by atoms with Crippen LogP contribution < -0.4 is 4.72 Å². The molecule has 0 heterocycles. The van der Waals surface area contributed by atoms with Gasteiger partial charge < -0.3 is 0 Å². The molecule has 21 heavy (non-hydrogen) atoms. The fourth-order valence-corrected chi connectivity index (χ4v) is 3.17. The van der Waals surface area contributed by atoms with Crippen LogP contribution in [0.3, 0.4) is 0 Å². The fraction of sp³-hybridized carbons (Fsp3) is 0.571. The molecule has 1 N–H and O–H groups in total. The highest BCUT2D eigenvalue weighted by atomic mass is 32.2. The number of nitrogens with zero attached hydrogens (tertiary/aromatic N) is 1. The third-order valence-corrected chi connectivity index (χ3v) is 4.87. The molecule has 0 aliphatic rings. The van der Waals surface area contributed by atoms with Gasteiger partial charge in [0.1, 0.15) is 0 Å². The summed E-state index contributed by atoms with van der Waals surface area (Å²) in [5.41, 5.74) is -0.226. The lowest BCUT2D eigenvalue weighted by Crippen LogP contribution is -2.29. The normalized spacial score (nSPS) is 13.0. The first-order valence-corrected chi connectivity index (χ1v) is 8.63. The van der Waals surface area contributed by atoms with Gasteiger partial charge in [-0.1, -0.05) is 39.2 Å². The summed E-state index contributed by atoms with van der Waals surface area (Å²) in [7, 11) is -3.70. The Hall–Kier alpha value is -1.47. The van der Waals surface area contributed by atoms with Crippen molar-refractivity contribution in [1.82, 2.24) is 4.72 Å². The molecule has 0 aliphatic carbocycles. The summed E-state index contributed by atoms with van der Waals surface area (Å²) in [5.74, 6) is 0.290. The smallest absolute Gasteiger partial charge is 0.258 e. The average molecular weight is 314 g/mol. The van der Waals surface area contributed by atoms with E-state index in [0.717, 1.165) is 31.7 Å². The summed E-state index contributed by atoms with van der Waals surface area (Å²) in [4.78, 5) is 10.0. The van der Waals surface area contributed by atoms with E-state index in [2.05, 4.69) is 11.6 Å². The average Bonchev–Trinajstić information content (AvgIpc) is 2.47. The molecule has 7 heteroatoms. The Morgan fingerprint density at radius 2 is 2.05 bits per heavy atom. The molecule has 0 saturated carbocycles. The highest BCUT2D eigenvalue weighted by molar-refractivity contribution is 7.89. The number of nitrogens with one attached hydrogen (secondary N) is 1. The second kappa shape index (κ2) is 8.09. The van der Waals surface area contributed by atoms with Crippen molar-refractivity contribution in [2.24, 2.45) is 5.92 Å². The summed E-state index contributed by atoms with van der Waals surface area (Å²) >= 11 is 0. The quantitative estimate of drug-likeness (QED) is 0.560. The first kappa shape index (κ1) is 17.6. The topological polar surface area (TPSA) is 89.3 Å². The number of hydrogen-bond donors (Lipinski definition) is 1. The van der Waals surface area contributed by atoms with Gasteiger partial charge in [0.25, 0.3) is 5.69 Å². The minimum absolute atomic E-state index is 0.0676. The Kier molecular flexibility index (Phi) is 6.77. The van der Waals surface area contributed by atoms with E-state index in [1.165, 1.54) is 18.2 Å². The zero-order valence-electron chi connectivity index (χ0n) is 12.4. The van der Waals surface area contributed by atoms with Gasteiger partial charge in [-0.15, -0.1) is 0 Å². The molecule has 0 fully saturated rings. The van der Waals surface area contributed by atoms with E-state index >= 15 is 0 Å². The van der Waals surface area contributed by atoms with Gasteiger partial charge in [0.05, 0.1) is 9.82 Å². The molecule has 0 saturated heterocycles. The Morgan fingerprint density at radius 3 is 2.62 bits per heavy atom. The second-order valence-electron chi connectivity index (χ2n) is 5.02. The number of nitro benzene ring substituents is 1. The highest BCUT2D eigenvalue weighted by Crippen LogP contribution is 2.18. The lowest BCUT2D eigenvalue weighted by molar-refractivity contribution is -0.385. The van der Waals surface area contributed by atoms with Gasteiger partial charge in [-0.25, -0.2) is 13.1 Å². The molecule has 0 radical (unpaired) electrons. The van der Waals surface area contributed by atoms with Crippen molar-refractivity contribution in [3.05, 3.63) is 34.4 Å². The molecule has 0 amide bonds. The third kappa shape index (κ3) is 5.43. The maximum Gasteiger partial charge on any atom is 0.270 e. The lowest BCUT2D eigenvalue weighted by atomic mass is 10.00. The monoisotopic (exact) mass is 314 g/mol. The van der Waals surface area contributed by atoms with E-state index in [4.69, 9.17) is 0 Å². The number of benzene rings is 1. The summed E-state index contributed by atoms with van der Waals surface area (Å²) in [6, 6.07) is 5.09. The van der Waals surface area contributed by atoms with Gasteiger partial charge >= 0.3 is 0 Å². The van der Waals surface area contributed by atoms with Gasteiger partial charge in [0.2, 0.25) is 10.0 Å². The van der Waals surface area contributed by atoms with E-state index in [1.807, 2.05) is 6.92 Å². The van der Waals surface area contributed by atoms with Crippen LogP contribution in [0, 0.1) is 16.0 Å². The summed E-state index contributed by atoms with van der Waals surface area (Å²) in [6.07, 6.45) is 4.02. The molecule has 0 spiro atoms. The van der Waals surface area contributed by atoms with E-state index in [1.54, 1.807) is 0 Å². The minimum Gasteiger partial charge on any atom is -0.258 e. The van der Waals surface area contributed by atoms with E-state index < -0.39 is 14.9 Å². The molecule has 6 nitrogen and oxygen atoms in total. The maximum atomic E-state index is 12.2. The van der Waals surface area contributed by atoms with Crippen molar-refractivity contribution in [2.75, 3.05) is 6.54 Å². The molecule has 1 atom stereocenters. The van der Waals surface area contributed by atoms with Crippen LogP contribution in [0.5, 0.6) is 0 Å². The Balaban J connectivity index is 2.77. The lowest BCUT2D eigenvalue weighted by Gasteiger charge is -2.15. The summed E-state index contributed by atoms with van der Waals surface area (Å²) in [6.45, 7) is 4.49. The van der Waals surface area contributed by atoms with Crippen LogP contribution in [-0.2, 0) is 10.0 Å². The van der Waals surface area contributed by atoms with Crippen LogP contribution in [0.15, 0.2) is 29.2 Å². The summed E-state index contributed by atoms with van der Waals surface area (Å²) in [5, 5.41) is 10.7. The number of nitro groups is 1. The fourth-order valence-electron chi connectivity index (χ4n) is 2.02. The Morgan fingerprint density at radius 1 is 1.33 bits per heavy atom. The predicted octanol–water partition coefficient (Wildman–Crippen LogP) is 3.09. The van der Waals surface area contributed by atoms with Crippen molar-refractivity contribution in [3.8, 4) is 0 Å². The SMILES string of the molecule is CCCCC(CC)CNS(=O)(=O)c1cccc([N+](=O)[O-])c1. The predicted molar refractivity (Wildman–Crippen MR) is 81.6 cm³/mol. The first-order valence-electron chi connectivity index (χ1n) is 7.14. The molecule has 1 aromatic carbocycles. The van der Waals surface area contributed by atoms with Crippen molar-refractivity contribution in [2.45, 2.75) is 44.4 Å². The number of unbranched alkanes of at least 4 members (excludes halogenated alkanes) is 1. The van der Waals surface area contributed by atoms with Crippen LogP contribution in [0.25, 0.3) is 0 Å². The molecule has 1 unspecified atom stereocenters. The molecule has 0 aromatic heterocycles. The van der Waals surface area contributed by atoms with Gasteiger partial charge in [0, 0.05) is 18.7 Å². The Bertz CT molecular complexity index is 572. The first-order chi connectivity index (χ1) is 9.90. The molecular formula is C14H22N2O4S. The van der Waals surface area contributed by atoms with Crippen LogP contribution in [0.1, 0.15) is 39.5 Å². The molecule has 0 aliphatic heterocycles. The van der Waals surface area contributed by atoms with Crippen LogP contribution >= 0.6 is 0 Å². The highest BCUT2D eigenvalue weighted by Gasteiger charge is 2.18. The second-order valence-corrected chi connectivity index (χ2v) is 6.79. The van der Waals surface area contributed by atoms with Gasteiger partial charge in [-0.2, -0.15) is 0 Å². The van der Waals surface area contributed by atoms with Gasteiger partial charge in [-0.3, -0.25) is 10.1 Å². The van der Waals surface area contributed by atoms with E-state index in [9.17, 15) is 18.5 Å². The third-order valence-electron chi connectivity index (χ3n) is 3.44. The van der Waals surface area contributed by atoms with Gasteiger partial charge in [0.15, 0.2) is 0 Å². The largest absolute Gasteiger partial charge is 0.270 e. The molecule has 0 bridgehead atoms. The standard InChI is InChI=1S/C14H22N2O4S/c1-3-5-7-12(4-2)11-15-21(19,20)14-9-6-8-13(10-14)16(17)18/h6,8-10,12,15H,3-5,7,11H2,1-2H3. The van der Waals surface area contributed by atoms with Crippen molar-refractivity contribution in [1.29, 1.82) is 0 Å². The molecule has 118 valence electrons. The molecule has 1 aromatic rings. The number of sulfonamides is 1. The summed E-state index contributed by atoms with van der Waals surface area (Å²) < 4.78 is 26.9. The van der Waals surface area contributed by atoms with Gasteiger partial charge in [-0.05, 0) is 18.4 Å². The maximum absolute atomic E-state index is 12.2. The van der Waals surface area contributed by atoms with Crippen LogP contribution in [0.2, 0.25) is 0 Å². The minimum atomic E-state index is -3.70. The van der Waals surface area contributed by atoms with Crippen LogP contribution in [0.4, 0.5) is 5.69 Å². The van der Waals surface area contributed by atoms with E-state index in [-0.39, 0.29) is 10.6 Å². The number of rotatable bonds is 9. The number of hydrogen-bond acceptors (Lipinski definition) is 4. The van der Waals surface area contributed by atoms with Crippen molar-refractivity contribution in [3.63, 3.8) is 0 Å². The zero-order chi connectivity index (χ0) is 15.9. The molecule has 1 rings (SSSR count). The van der Waals surface area contributed by atoms with Crippen molar-refractivity contribution >= 4 is 15.7 Å². The van der Waals surface area contributed by atoms with Crippen LogP contribution in [-0.4, -0.2) is 19.9 Å². The van der Waals surface area contributed by atoms with E-state index in [0.29, 0.717) is 12.5 Å². The Labute approximate surface area is 125 Å². The number of non-ortho nitro benzene ring substituents is 1.